The van der Waals surface area contributed by atoms with Crippen LogP contribution in [0.25, 0.3) is 10.9 Å². The molecule has 0 saturated carbocycles. The number of rotatable bonds is 6. The van der Waals surface area contributed by atoms with Gasteiger partial charge in [-0.3, -0.25) is 9.78 Å². The number of benzene rings is 2. The number of anilines is 1. The van der Waals surface area contributed by atoms with E-state index in [-0.39, 0.29) is 11.7 Å². The average molecular weight is 354 g/mol. The van der Waals surface area contributed by atoms with Crippen LogP contribution in [-0.4, -0.2) is 24.1 Å². The Labute approximate surface area is 150 Å². The molecule has 0 spiro atoms. The molecule has 2 aromatic carbocycles. The zero-order chi connectivity index (χ0) is 18.5. The van der Waals surface area contributed by atoms with E-state index >= 15 is 0 Å². The Morgan fingerprint density at radius 2 is 1.96 bits per heavy atom. The Hall–Kier alpha value is -3.15. The molecule has 0 aliphatic heterocycles. The quantitative estimate of drug-likeness (QED) is 0.721. The number of halogens is 1. The van der Waals surface area contributed by atoms with E-state index in [2.05, 4.69) is 10.3 Å². The fraction of sp³-hybridized carbons (Fsp3) is 0.200. The van der Waals surface area contributed by atoms with Gasteiger partial charge in [-0.05, 0) is 55.0 Å². The minimum atomic E-state index is -0.700. The molecule has 3 aromatic rings. The van der Waals surface area contributed by atoms with Crippen molar-refractivity contribution in [3.8, 4) is 11.5 Å². The molecule has 26 heavy (non-hydrogen) atoms. The summed E-state index contributed by atoms with van der Waals surface area (Å²) in [4.78, 5) is 17.0. The summed E-state index contributed by atoms with van der Waals surface area (Å²) in [5, 5.41) is 3.66. The number of nitrogens with one attached hydrogen (secondary N) is 1. The van der Waals surface area contributed by atoms with Crippen LogP contribution in [0, 0.1) is 5.82 Å². The number of carbonyl (C=O) groups excluding carboxylic acids is 1. The van der Waals surface area contributed by atoms with Gasteiger partial charge in [0.05, 0.1) is 12.8 Å². The highest BCUT2D eigenvalue weighted by Crippen LogP contribution is 2.30. The van der Waals surface area contributed by atoms with E-state index in [0.29, 0.717) is 29.1 Å². The number of aromatic nitrogens is 1. The number of fused-ring (bicyclic) bond motifs is 1. The topological polar surface area (TPSA) is 60.5 Å². The Balaban J connectivity index is 1.82. The summed E-state index contributed by atoms with van der Waals surface area (Å²) >= 11 is 0. The molecule has 1 atom stereocenters. The lowest BCUT2D eigenvalue weighted by atomic mass is 10.1. The fourth-order valence-corrected chi connectivity index (χ4v) is 2.63. The van der Waals surface area contributed by atoms with Crippen LogP contribution in [0.4, 0.5) is 10.1 Å². The lowest BCUT2D eigenvalue weighted by molar-refractivity contribution is -0.122. The Bertz CT molecular complexity index is 913. The molecule has 6 heteroatoms. The minimum Gasteiger partial charge on any atom is -0.494 e. The van der Waals surface area contributed by atoms with Crippen LogP contribution in [-0.2, 0) is 4.79 Å². The van der Waals surface area contributed by atoms with Crippen LogP contribution < -0.4 is 14.8 Å². The molecule has 1 unspecified atom stereocenters. The third kappa shape index (κ3) is 3.74. The molecule has 3 rings (SSSR count). The zero-order valence-corrected chi connectivity index (χ0v) is 14.5. The average Bonchev–Trinajstić information content (AvgIpc) is 2.67. The normalized spacial score (nSPS) is 11.8. The number of nitrogens with zero attached hydrogens (tertiary/aromatic N) is 1. The van der Waals surface area contributed by atoms with Gasteiger partial charge in [0.25, 0.3) is 5.91 Å². The van der Waals surface area contributed by atoms with E-state index in [0.717, 1.165) is 5.39 Å². The van der Waals surface area contributed by atoms with Crippen molar-refractivity contribution in [2.75, 3.05) is 12.4 Å². The van der Waals surface area contributed by atoms with Crippen molar-refractivity contribution in [3.05, 3.63) is 60.5 Å². The van der Waals surface area contributed by atoms with Gasteiger partial charge in [0.15, 0.2) is 6.10 Å². The predicted molar refractivity (Wildman–Crippen MR) is 98.0 cm³/mol. The monoisotopic (exact) mass is 354 g/mol. The van der Waals surface area contributed by atoms with E-state index in [1.807, 2.05) is 13.0 Å². The maximum absolute atomic E-state index is 13.0. The molecule has 134 valence electrons. The number of hydrogen-bond donors (Lipinski definition) is 1. The van der Waals surface area contributed by atoms with Gasteiger partial charge in [-0.2, -0.15) is 0 Å². The maximum atomic E-state index is 13.0. The minimum absolute atomic E-state index is 0.285. The fourth-order valence-electron chi connectivity index (χ4n) is 2.63. The summed E-state index contributed by atoms with van der Waals surface area (Å²) in [6.45, 7) is 1.85. The molecule has 0 radical (unpaired) electrons. The third-order valence-electron chi connectivity index (χ3n) is 3.97. The summed E-state index contributed by atoms with van der Waals surface area (Å²) in [6.07, 6.45) is 1.44. The molecule has 1 aromatic heterocycles. The molecular weight excluding hydrogens is 335 g/mol. The first-order chi connectivity index (χ1) is 12.6. The molecule has 0 bridgehead atoms. The van der Waals surface area contributed by atoms with E-state index in [4.69, 9.17) is 9.47 Å². The van der Waals surface area contributed by atoms with Crippen LogP contribution in [0.2, 0.25) is 0 Å². The number of amides is 1. The molecule has 1 amide bonds. The van der Waals surface area contributed by atoms with E-state index in [1.54, 1.807) is 31.5 Å². The number of pyridine rings is 1. The Morgan fingerprint density at radius 3 is 2.65 bits per heavy atom. The maximum Gasteiger partial charge on any atom is 0.265 e. The molecular formula is C20H19FN2O3. The molecule has 1 N–H and O–H groups in total. The lowest BCUT2D eigenvalue weighted by Crippen LogP contribution is -2.32. The Kier molecular flexibility index (Phi) is 5.31. The number of ether oxygens (including phenoxy) is 2. The highest BCUT2D eigenvalue weighted by Gasteiger charge is 2.20. The summed E-state index contributed by atoms with van der Waals surface area (Å²) in [5.41, 5.74) is 1.29. The number of methoxy groups -OCH3 is 1. The summed E-state index contributed by atoms with van der Waals surface area (Å²) < 4.78 is 24.0. The van der Waals surface area contributed by atoms with Gasteiger partial charge in [-0.1, -0.05) is 6.92 Å². The van der Waals surface area contributed by atoms with Gasteiger partial charge in [0.1, 0.15) is 22.8 Å². The second-order valence-corrected chi connectivity index (χ2v) is 5.67. The van der Waals surface area contributed by atoms with Crippen molar-refractivity contribution in [1.29, 1.82) is 0 Å². The highest BCUT2D eigenvalue weighted by molar-refractivity contribution is 6.04. The van der Waals surface area contributed by atoms with Crippen LogP contribution in [0.3, 0.4) is 0 Å². The number of carbonyl (C=O) groups is 1. The van der Waals surface area contributed by atoms with Crippen molar-refractivity contribution in [3.63, 3.8) is 0 Å². The van der Waals surface area contributed by atoms with E-state index < -0.39 is 6.10 Å². The zero-order valence-electron chi connectivity index (χ0n) is 14.5. The van der Waals surface area contributed by atoms with E-state index in [9.17, 15) is 9.18 Å². The van der Waals surface area contributed by atoms with Gasteiger partial charge in [0.2, 0.25) is 0 Å². The molecule has 1 heterocycles. The van der Waals surface area contributed by atoms with Crippen LogP contribution in [0.5, 0.6) is 11.5 Å². The second-order valence-electron chi connectivity index (χ2n) is 5.67. The SMILES string of the molecule is CCC(Oc1ccc(F)cc1)C(=O)Nc1ccc(OC)c2ncccc12. The summed E-state index contributed by atoms with van der Waals surface area (Å²) in [5.74, 6) is 0.432. The van der Waals surface area contributed by atoms with E-state index in [1.165, 1.54) is 24.3 Å². The largest absolute Gasteiger partial charge is 0.494 e. The third-order valence-corrected chi connectivity index (χ3v) is 3.97. The first-order valence-electron chi connectivity index (χ1n) is 8.27. The number of hydrogen-bond acceptors (Lipinski definition) is 4. The van der Waals surface area contributed by atoms with Gasteiger partial charge in [-0.25, -0.2) is 4.39 Å². The highest BCUT2D eigenvalue weighted by atomic mass is 19.1. The van der Waals surface area contributed by atoms with Crippen molar-refractivity contribution >= 4 is 22.5 Å². The van der Waals surface area contributed by atoms with Crippen LogP contribution in [0.15, 0.2) is 54.7 Å². The lowest BCUT2D eigenvalue weighted by Gasteiger charge is -2.18. The standard InChI is InChI=1S/C20H19FN2O3/c1-3-17(26-14-8-6-13(21)7-9-14)20(24)23-16-10-11-18(25-2)19-15(16)5-4-12-22-19/h4-12,17H,3H2,1-2H3,(H,23,24). The first-order valence-corrected chi connectivity index (χ1v) is 8.27. The molecule has 5 nitrogen and oxygen atoms in total. The van der Waals surface area contributed by atoms with Gasteiger partial charge in [-0.15, -0.1) is 0 Å². The molecule has 0 aliphatic carbocycles. The van der Waals surface area contributed by atoms with Gasteiger partial charge >= 0.3 is 0 Å². The van der Waals surface area contributed by atoms with Crippen molar-refractivity contribution in [2.45, 2.75) is 19.4 Å². The first kappa shape index (κ1) is 17.7. The van der Waals surface area contributed by atoms with Crippen molar-refractivity contribution < 1.29 is 18.7 Å². The van der Waals surface area contributed by atoms with Gasteiger partial charge in [0, 0.05) is 11.6 Å². The molecule has 0 fully saturated rings. The van der Waals surface area contributed by atoms with Crippen molar-refractivity contribution in [1.82, 2.24) is 4.98 Å². The smallest absolute Gasteiger partial charge is 0.265 e. The van der Waals surface area contributed by atoms with Crippen LogP contribution >= 0.6 is 0 Å². The van der Waals surface area contributed by atoms with Crippen molar-refractivity contribution in [2.24, 2.45) is 0 Å². The Morgan fingerprint density at radius 1 is 1.19 bits per heavy atom. The molecule has 0 saturated heterocycles. The van der Waals surface area contributed by atoms with Gasteiger partial charge < -0.3 is 14.8 Å². The van der Waals surface area contributed by atoms with Crippen LogP contribution in [0.1, 0.15) is 13.3 Å². The second kappa shape index (κ2) is 7.82. The summed E-state index contributed by atoms with van der Waals surface area (Å²) in [6, 6.07) is 12.8. The predicted octanol–water partition coefficient (Wildman–Crippen LogP) is 4.18. The summed E-state index contributed by atoms with van der Waals surface area (Å²) in [7, 11) is 1.57. The molecule has 0 aliphatic rings.